The van der Waals surface area contributed by atoms with Crippen LogP contribution in [-0.4, -0.2) is 41.7 Å². The molecule has 0 saturated carbocycles. The van der Waals surface area contributed by atoms with Crippen molar-refractivity contribution >= 4 is 17.6 Å². The topological polar surface area (TPSA) is 132 Å². The van der Waals surface area contributed by atoms with E-state index in [1.807, 2.05) is 6.07 Å². The first-order chi connectivity index (χ1) is 16.3. The zero-order valence-corrected chi connectivity index (χ0v) is 19.1. The molecule has 1 aromatic heterocycles. The molecule has 0 radical (unpaired) electrons. The number of Topliss-reactive ketones (excluding diaryl/α,β-unsaturated/α-hetero) is 1. The van der Waals surface area contributed by atoms with Crippen molar-refractivity contribution in [2.24, 2.45) is 7.05 Å². The van der Waals surface area contributed by atoms with Crippen LogP contribution < -0.4 is 26.5 Å². The third-order valence-corrected chi connectivity index (χ3v) is 5.21. The first-order valence-corrected chi connectivity index (χ1v) is 10.3. The van der Waals surface area contributed by atoms with Gasteiger partial charge in [-0.2, -0.15) is 0 Å². The number of nitrogens with two attached hydrogens (primary N) is 1. The van der Waals surface area contributed by atoms with Crippen molar-refractivity contribution in [2.45, 2.75) is 13.0 Å². The fourth-order valence-corrected chi connectivity index (χ4v) is 3.39. The van der Waals surface area contributed by atoms with Crippen molar-refractivity contribution in [2.75, 3.05) is 26.6 Å². The summed E-state index contributed by atoms with van der Waals surface area (Å²) in [7, 11) is 4.22. The highest BCUT2D eigenvalue weighted by atomic mass is 16.5. The molecule has 10 heteroatoms. The lowest BCUT2D eigenvalue weighted by atomic mass is 10.1. The van der Waals surface area contributed by atoms with Gasteiger partial charge in [0.25, 0.3) is 5.56 Å². The molecule has 0 aliphatic carbocycles. The van der Waals surface area contributed by atoms with Gasteiger partial charge in [-0.1, -0.05) is 36.4 Å². The second kappa shape index (κ2) is 10.5. The Morgan fingerprint density at radius 1 is 0.941 bits per heavy atom. The third-order valence-electron chi connectivity index (χ3n) is 5.21. The molecule has 178 valence electrons. The molecule has 10 nitrogen and oxygen atoms in total. The van der Waals surface area contributed by atoms with E-state index in [0.29, 0.717) is 17.1 Å². The lowest BCUT2D eigenvalue weighted by Crippen LogP contribution is -2.43. The fraction of sp³-hybridized carbons (Fsp3) is 0.250. The molecule has 0 aliphatic rings. The molecule has 0 aliphatic heterocycles. The summed E-state index contributed by atoms with van der Waals surface area (Å²) < 4.78 is 17.4. The second-order valence-electron chi connectivity index (χ2n) is 7.43. The van der Waals surface area contributed by atoms with Crippen molar-refractivity contribution in [3.8, 4) is 11.5 Å². The van der Waals surface area contributed by atoms with Crippen LogP contribution in [-0.2, 0) is 29.5 Å². The van der Waals surface area contributed by atoms with E-state index in [4.69, 9.17) is 19.9 Å². The number of rotatable bonds is 9. The summed E-state index contributed by atoms with van der Waals surface area (Å²) in [5.74, 6) is -0.820. The summed E-state index contributed by atoms with van der Waals surface area (Å²) in [4.78, 5) is 50.3. The number of anilines is 1. The Labute approximate surface area is 195 Å². The minimum atomic E-state index is -0.854. The van der Waals surface area contributed by atoms with E-state index in [9.17, 15) is 19.2 Å². The number of esters is 1. The van der Waals surface area contributed by atoms with Crippen LogP contribution in [0.25, 0.3) is 0 Å². The molecule has 2 aromatic carbocycles. The van der Waals surface area contributed by atoms with E-state index in [0.717, 1.165) is 14.7 Å². The minimum absolute atomic E-state index is 0.0684. The highest BCUT2D eigenvalue weighted by Gasteiger charge is 2.23. The van der Waals surface area contributed by atoms with Gasteiger partial charge in [0.2, 0.25) is 5.78 Å². The first-order valence-electron chi connectivity index (χ1n) is 10.3. The number of carbonyl (C=O) groups excluding carboxylic acids is 2. The van der Waals surface area contributed by atoms with Gasteiger partial charge in [-0.3, -0.25) is 23.5 Å². The fourth-order valence-electron chi connectivity index (χ4n) is 3.39. The average Bonchev–Trinajstić information content (AvgIpc) is 2.84. The number of methoxy groups -OCH3 is 2. The SMILES string of the molecule is COc1ccc(CC(=O)OCC(=O)c2c(N)n(Cc3ccccc3)c(=O)n(C)c2=O)cc1OC. The predicted molar refractivity (Wildman–Crippen MR) is 124 cm³/mol. The summed E-state index contributed by atoms with van der Waals surface area (Å²) in [6.45, 7) is -0.631. The highest BCUT2D eigenvalue weighted by Crippen LogP contribution is 2.27. The zero-order valence-electron chi connectivity index (χ0n) is 19.1. The van der Waals surface area contributed by atoms with Crippen LogP contribution in [0.5, 0.6) is 11.5 Å². The van der Waals surface area contributed by atoms with E-state index < -0.39 is 35.2 Å². The van der Waals surface area contributed by atoms with Gasteiger partial charge < -0.3 is 19.9 Å². The van der Waals surface area contributed by atoms with Gasteiger partial charge in [0.15, 0.2) is 18.1 Å². The summed E-state index contributed by atoms with van der Waals surface area (Å²) in [5, 5.41) is 0. The molecule has 0 spiro atoms. The van der Waals surface area contributed by atoms with Crippen LogP contribution in [0.2, 0.25) is 0 Å². The minimum Gasteiger partial charge on any atom is -0.493 e. The zero-order chi connectivity index (χ0) is 24.8. The Morgan fingerprint density at radius 3 is 2.26 bits per heavy atom. The van der Waals surface area contributed by atoms with Crippen LogP contribution in [0.3, 0.4) is 0 Å². The molecule has 34 heavy (non-hydrogen) atoms. The summed E-state index contributed by atoms with van der Waals surface area (Å²) >= 11 is 0. The number of nitrogens with zero attached hydrogens (tertiary/aromatic N) is 2. The average molecular weight is 467 g/mol. The van der Waals surface area contributed by atoms with E-state index in [1.54, 1.807) is 42.5 Å². The number of hydrogen-bond donors (Lipinski definition) is 1. The molecular weight excluding hydrogens is 442 g/mol. The van der Waals surface area contributed by atoms with Crippen LogP contribution in [0.4, 0.5) is 5.82 Å². The quantitative estimate of drug-likeness (QED) is 0.366. The summed E-state index contributed by atoms with van der Waals surface area (Å²) in [6, 6.07) is 13.9. The monoisotopic (exact) mass is 467 g/mol. The second-order valence-corrected chi connectivity index (χ2v) is 7.43. The maximum atomic E-state index is 12.8. The Morgan fingerprint density at radius 2 is 1.62 bits per heavy atom. The van der Waals surface area contributed by atoms with Gasteiger partial charge in [0.1, 0.15) is 11.4 Å². The lowest BCUT2D eigenvalue weighted by molar-refractivity contribution is -0.141. The number of ether oxygens (including phenoxy) is 3. The molecular formula is C24H25N3O7. The van der Waals surface area contributed by atoms with Gasteiger partial charge >= 0.3 is 11.7 Å². The maximum Gasteiger partial charge on any atom is 0.332 e. The lowest BCUT2D eigenvalue weighted by Gasteiger charge is -2.15. The van der Waals surface area contributed by atoms with Gasteiger partial charge in [0.05, 0.1) is 27.2 Å². The van der Waals surface area contributed by atoms with Crippen LogP contribution in [0.15, 0.2) is 58.1 Å². The number of hydrogen-bond acceptors (Lipinski definition) is 8. The summed E-state index contributed by atoms with van der Waals surface area (Å²) in [5.41, 5.74) is 5.48. The standard InChI is InChI=1S/C24H25N3O7/c1-26-23(30)21(22(25)27(24(26)31)13-15-7-5-4-6-8-15)17(28)14-34-20(29)12-16-9-10-18(32-2)19(11-16)33-3/h4-11H,12-14,25H2,1-3H3. The molecule has 3 aromatic rings. The summed E-state index contributed by atoms with van der Waals surface area (Å²) in [6.07, 6.45) is -0.130. The molecule has 0 unspecified atom stereocenters. The molecule has 0 saturated heterocycles. The van der Waals surface area contributed by atoms with Crippen molar-refractivity contribution in [1.29, 1.82) is 0 Å². The number of carbonyl (C=O) groups is 2. The Balaban J connectivity index is 1.77. The van der Waals surface area contributed by atoms with E-state index >= 15 is 0 Å². The first kappa shape index (κ1) is 24.3. The molecule has 0 atom stereocenters. The Kier molecular flexibility index (Phi) is 7.52. The van der Waals surface area contributed by atoms with Crippen molar-refractivity contribution in [1.82, 2.24) is 9.13 Å². The third kappa shape index (κ3) is 5.17. The number of nitrogen functional groups attached to an aromatic ring is 1. The smallest absolute Gasteiger partial charge is 0.332 e. The van der Waals surface area contributed by atoms with Gasteiger partial charge in [-0.15, -0.1) is 0 Å². The predicted octanol–water partition coefficient (Wildman–Crippen LogP) is 1.16. The molecule has 0 fully saturated rings. The maximum absolute atomic E-state index is 12.8. The number of aromatic nitrogens is 2. The largest absolute Gasteiger partial charge is 0.493 e. The molecule has 2 N–H and O–H groups in total. The normalized spacial score (nSPS) is 10.6. The van der Waals surface area contributed by atoms with Crippen molar-refractivity contribution in [3.05, 3.63) is 86.1 Å². The molecule has 0 amide bonds. The number of benzene rings is 2. The van der Waals surface area contributed by atoms with Crippen molar-refractivity contribution in [3.63, 3.8) is 0 Å². The Hall–Kier alpha value is -4.34. The van der Waals surface area contributed by atoms with E-state index in [1.165, 1.54) is 21.3 Å². The Bertz CT molecular complexity index is 1330. The highest BCUT2D eigenvalue weighted by molar-refractivity contribution is 6.01. The van der Waals surface area contributed by atoms with Crippen LogP contribution in [0.1, 0.15) is 21.5 Å². The van der Waals surface area contributed by atoms with Gasteiger partial charge in [0, 0.05) is 7.05 Å². The van der Waals surface area contributed by atoms with Crippen LogP contribution >= 0.6 is 0 Å². The van der Waals surface area contributed by atoms with E-state index in [2.05, 4.69) is 0 Å². The number of ketones is 1. The van der Waals surface area contributed by atoms with Gasteiger partial charge in [-0.25, -0.2) is 4.79 Å². The molecule has 3 rings (SSSR count). The molecule has 1 heterocycles. The van der Waals surface area contributed by atoms with E-state index in [-0.39, 0.29) is 18.8 Å². The van der Waals surface area contributed by atoms with Crippen molar-refractivity contribution < 1.29 is 23.8 Å². The van der Waals surface area contributed by atoms with Crippen LogP contribution in [0, 0.1) is 0 Å². The molecule has 0 bridgehead atoms. The van der Waals surface area contributed by atoms with Gasteiger partial charge in [-0.05, 0) is 23.3 Å².